The van der Waals surface area contributed by atoms with Crippen molar-refractivity contribution in [3.05, 3.63) is 94.5 Å². The fourth-order valence-corrected chi connectivity index (χ4v) is 4.14. The Balaban J connectivity index is 1.31. The van der Waals surface area contributed by atoms with Gasteiger partial charge in [-0.3, -0.25) is 9.69 Å². The molecule has 0 spiro atoms. The minimum absolute atomic E-state index is 0.243. The average molecular weight is 472 g/mol. The Morgan fingerprint density at radius 3 is 2.57 bits per heavy atom. The van der Waals surface area contributed by atoms with Gasteiger partial charge < -0.3 is 9.47 Å². The van der Waals surface area contributed by atoms with E-state index in [2.05, 4.69) is 46.6 Å². The quantitative estimate of drug-likeness (QED) is 0.326. The molecule has 3 aromatic carbocycles. The summed E-state index contributed by atoms with van der Waals surface area (Å²) in [4.78, 5) is 15.0. The van der Waals surface area contributed by atoms with Gasteiger partial charge in [0.1, 0.15) is 0 Å². The zero-order chi connectivity index (χ0) is 24.5. The van der Waals surface area contributed by atoms with Crippen LogP contribution in [0.5, 0.6) is 11.5 Å². The van der Waals surface area contributed by atoms with Crippen molar-refractivity contribution in [3.63, 3.8) is 0 Å². The molecule has 0 bridgehead atoms. The first-order chi connectivity index (χ1) is 17.2. The summed E-state index contributed by atoms with van der Waals surface area (Å²) in [6, 6.07) is 22.0. The molecule has 6 nitrogen and oxygen atoms in total. The molecule has 0 unspecified atom stereocenters. The molecule has 0 fully saturated rings. The summed E-state index contributed by atoms with van der Waals surface area (Å²) in [5.74, 6) is 1.14. The van der Waals surface area contributed by atoms with E-state index in [1.807, 2.05) is 49.4 Å². The van der Waals surface area contributed by atoms with Gasteiger partial charge in [0.05, 0.1) is 19.4 Å². The van der Waals surface area contributed by atoms with Crippen molar-refractivity contribution in [3.8, 4) is 11.5 Å². The lowest BCUT2D eigenvalue weighted by molar-refractivity contribution is 0.0955. The molecular formula is C29H33N3O3. The monoisotopic (exact) mass is 471 g/mol. The van der Waals surface area contributed by atoms with Gasteiger partial charge >= 0.3 is 0 Å². The Morgan fingerprint density at radius 1 is 1.00 bits per heavy atom. The third kappa shape index (κ3) is 6.70. The van der Waals surface area contributed by atoms with E-state index in [-0.39, 0.29) is 5.91 Å². The summed E-state index contributed by atoms with van der Waals surface area (Å²) >= 11 is 0. The Kier molecular flexibility index (Phi) is 8.52. The molecular weight excluding hydrogens is 438 g/mol. The second-order valence-corrected chi connectivity index (χ2v) is 8.61. The molecule has 1 heterocycles. The van der Waals surface area contributed by atoms with Gasteiger partial charge in [-0.25, -0.2) is 5.43 Å². The number of rotatable bonds is 10. The Bertz CT molecular complexity index is 1160. The van der Waals surface area contributed by atoms with Crippen molar-refractivity contribution in [2.24, 2.45) is 5.10 Å². The van der Waals surface area contributed by atoms with Gasteiger partial charge in [0.25, 0.3) is 5.91 Å². The van der Waals surface area contributed by atoms with Gasteiger partial charge in [-0.15, -0.1) is 0 Å². The molecule has 6 heteroatoms. The van der Waals surface area contributed by atoms with Crippen LogP contribution < -0.4 is 14.9 Å². The molecule has 1 aliphatic rings. The van der Waals surface area contributed by atoms with E-state index < -0.39 is 0 Å². The molecule has 0 saturated heterocycles. The molecule has 0 saturated carbocycles. The molecule has 3 aromatic rings. The zero-order valence-corrected chi connectivity index (χ0v) is 20.5. The zero-order valence-electron chi connectivity index (χ0n) is 20.5. The van der Waals surface area contributed by atoms with Crippen LogP contribution in [0.1, 0.15) is 52.9 Å². The Morgan fingerprint density at radius 2 is 1.80 bits per heavy atom. The average Bonchev–Trinajstić information content (AvgIpc) is 2.89. The molecule has 1 N–H and O–H groups in total. The van der Waals surface area contributed by atoms with Crippen LogP contribution in [-0.4, -0.2) is 36.8 Å². The standard InChI is InChI=1S/C29H33N3O3/c1-3-17-35-27-14-11-23(18-28(27)34-4-2)19-30-31-29(33)25-12-9-22(10-13-25)20-32-16-15-24-7-5-6-8-26(24)21-32/h5-14,18-19H,3-4,15-17,20-21H2,1-2H3,(H,31,33)/b30-19-. The van der Waals surface area contributed by atoms with Crippen LogP contribution in [0.25, 0.3) is 0 Å². The molecule has 35 heavy (non-hydrogen) atoms. The van der Waals surface area contributed by atoms with Crippen LogP contribution in [0, 0.1) is 0 Å². The van der Waals surface area contributed by atoms with Crippen molar-refractivity contribution >= 4 is 12.1 Å². The number of nitrogens with one attached hydrogen (secondary N) is 1. The summed E-state index contributed by atoms with van der Waals surface area (Å²) in [5.41, 5.74) is 8.05. The maximum Gasteiger partial charge on any atom is 0.271 e. The smallest absolute Gasteiger partial charge is 0.271 e. The topological polar surface area (TPSA) is 63.2 Å². The van der Waals surface area contributed by atoms with Crippen molar-refractivity contribution < 1.29 is 14.3 Å². The van der Waals surface area contributed by atoms with Gasteiger partial charge in [0.2, 0.25) is 0 Å². The minimum Gasteiger partial charge on any atom is -0.490 e. The van der Waals surface area contributed by atoms with E-state index >= 15 is 0 Å². The first kappa shape index (κ1) is 24.5. The fraction of sp³-hybridized carbons (Fsp3) is 0.310. The highest BCUT2D eigenvalue weighted by Crippen LogP contribution is 2.28. The highest BCUT2D eigenvalue weighted by atomic mass is 16.5. The highest BCUT2D eigenvalue weighted by Gasteiger charge is 2.16. The first-order valence-corrected chi connectivity index (χ1v) is 12.3. The summed E-state index contributed by atoms with van der Waals surface area (Å²) < 4.78 is 11.4. The number of carbonyl (C=O) groups excluding carboxylic acids is 1. The molecule has 0 aliphatic carbocycles. The maximum atomic E-state index is 12.5. The number of hydrogen-bond acceptors (Lipinski definition) is 5. The lowest BCUT2D eigenvalue weighted by atomic mass is 9.99. The first-order valence-electron chi connectivity index (χ1n) is 12.3. The molecule has 0 atom stereocenters. The summed E-state index contributed by atoms with van der Waals surface area (Å²) in [7, 11) is 0. The van der Waals surface area contributed by atoms with E-state index in [1.165, 1.54) is 16.7 Å². The van der Waals surface area contributed by atoms with E-state index in [1.54, 1.807) is 6.21 Å². The van der Waals surface area contributed by atoms with E-state index in [9.17, 15) is 4.79 Å². The lowest BCUT2D eigenvalue weighted by Gasteiger charge is -2.28. The number of carbonyl (C=O) groups is 1. The van der Waals surface area contributed by atoms with Crippen LogP contribution >= 0.6 is 0 Å². The van der Waals surface area contributed by atoms with E-state index in [0.717, 1.165) is 38.0 Å². The van der Waals surface area contributed by atoms with Crippen molar-refractivity contribution in [2.75, 3.05) is 19.8 Å². The van der Waals surface area contributed by atoms with Gasteiger partial charge in [-0.05, 0) is 72.4 Å². The largest absolute Gasteiger partial charge is 0.490 e. The molecule has 1 aliphatic heterocycles. The van der Waals surface area contributed by atoms with Crippen molar-refractivity contribution in [1.82, 2.24) is 10.3 Å². The van der Waals surface area contributed by atoms with Gasteiger partial charge in [-0.1, -0.05) is 43.3 Å². The number of fused-ring (bicyclic) bond motifs is 1. The van der Waals surface area contributed by atoms with Crippen LogP contribution in [0.2, 0.25) is 0 Å². The molecule has 0 aromatic heterocycles. The van der Waals surface area contributed by atoms with Crippen LogP contribution in [0.15, 0.2) is 71.8 Å². The highest BCUT2D eigenvalue weighted by molar-refractivity contribution is 5.95. The summed E-state index contributed by atoms with van der Waals surface area (Å²) in [6.07, 6.45) is 3.61. The predicted octanol–water partition coefficient (Wildman–Crippen LogP) is 5.20. The van der Waals surface area contributed by atoms with E-state index in [4.69, 9.17) is 9.47 Å². The van der Waals surface area contributed by atoms with Crippen LogP contribution in [-0.2, 0) is 19.5 Å². The number of nitrogens with zero attached hydrogens (tertiary/aromatic N) is 2. The normalized spacial score (nSPS) is 13.4. The second kappa shape index (κ2) is 12.2. The fourth-order valence-electron chi connectivity index (χ4n) is 4.14. The third-order valence-corrected chi connectivity index (χ3v) is 5.94. The SMILES string of the molecule is CCCOc1ccc(/C=N\NC(=O)c2ccc(CN3CCc4ccccc4C3)cc2)cc1OCC. The third-order valence-electron chi connectivity index (χ3n) is 5.94. The Hall–Kier alpha value is -3.64. The molecule has 4 rings (SSSR count). The Labute approximate surface area is 207 Å². The van der Waals surface area contributed by atoms with E-state index in [0.29, 0.717) is 30.3 Å². The van der Waals surface area contributed by atoms with Crippen molar-refractivity contribution in [2.45, 2.75) is 39.8 Å². The van der Waals surface area contributed by atoms with Crippen LogP contribution in [0.4, 0.5) is 0 Å². The van der Waals surface area contributed by atoms with Crippen LogP contribution in [0.3, 0.4) is 0 Å². The minimum atomic E-state index is -0.243. The maximum absolute atomic E-state index is 12.5. The summed E-state index contributed by atoms with van der Waals surface area (Å²) in [5, 5.41) is 4.12. The predicted molar refractivity (Wildman–Crippen MR) is 139 cm³/mol. The number of benzene rings is 3. The second-order valence-electron chi connectivity index (χ2n) is 8.61. The number of hydrazone groups is 1. The van der Waals surface area contributed by atoms with Gasteiger partial charge in [0.15, 0.2) is 11.5 Å². The number of ether oxygens (including phenoxy) is 2. The van der Waals surface area contributed by atoms with Gasteiger partial charge in [-0.2, -0.15) is 5.10 Å². The van der Waals surface area contributed by atoms with Gasteiger partial charge in [0, 0.05) is 25.2 Å². The summed E-state index contributed by atoms with van der Waals surface area (Å²) in [6.45, 7) is 8.05. The number of hydrogen-bond donors (Lipinski definition) is 1. The molecule has 0 radical (unpaired) electrons. The molecule has 1 amide bonds. The number of amides is 1. The molecule has 182 valence electrons. The lowest BCUT2D eigenvalue weighted by Crippen LogP contribution is -2.30. The van der Waals surface area contributed by atoms with Crippen molar-refractivity contribution in [1.29, 1.82) is 0 Å².